The Bertz CT molecular complexity index is 1170. The molecule has 0 radical (unpaired) electrons. The van der Waals surface area contributed by atoms with E-state index in [1.54, 1.807) is 30.0 Å². The lowest BCUT2D eigenvalue weighted by molar-refractivity contribution is -0.144. The topological polar surface area (TPSA) is 117 Å². The van der Waals surface area contributed by atoms with E-state index >= 15 is 0 Å². The number of amides is 2. The van der Waals surface area contributed by atoms with Gasteiger partial charge >= 0.3 is 5.97 Å². The first kappa shape index (κ1) is 27.4. The number of ether oxygens (including phenoxy) is 1. The molecule has 4 rings (SSSR count). The summed E-state index contributed by atoms with van der Waals surface area (Å²) in [4.78, 5) is 42.6. The van der Waals surface area contributed by atoms with Crippen molar-refractivity contribution in [2.45, 2.75) is 70.8 Å². The molecule has 0 spiro atoms. The first-order valence-electron chi connectivity index (χ1n) is 13.7. The van der Waals surface area contributed by atoms with E-state index in [1.807, 2.05) is 29.2 Å². The van der Waals surface area contributed by atoms with Crippen molar-refractivity contribution in [1.82, 2.24) is 4.90 Å². The number of hydrogen-bond acceptors (Lipinski definition) is 5. The van der Waals surface area contributed by atoms with E-state index in [0.29, 0.717) is 30.5 Å². The van der Waals surface area contributed by atoms with Gasteiger partial charge in [0.05, 0.1) is 6.61 Å². The average Bonchev–Trinajstić information content (AvgIpc) is 2.94. The van der Waals surface area contributed by atoms with Crippen LogP contribution in [0.5, 0.6) is 0 Å². The number of esters is 1. The summed E-state index contributed by atoms with van der Waals surface area (Å²) in [5.74, 6) is -0.452. The van der Waals surface area contributed by atoms with Crippen LogP contribution in [-0.2, 0) is 27.2 Å². The molecule has 1 aliphatic carbocycles. The zero-order valence-corrected chi connectivity index (χ0v) is 22.2. The van der Waals surface area contributed by atoms with Crippen LogP contribution in [0.3, 0.4) is 0 Å². The van der Waals surface area contributed by atoms with Crippen LogP contribution >= 0.6 is 0 Å². The van der Waals surface area contributed by atoms with Crippen molar-refractivity contribution in [3.63, 3.8) is 0 Å². The van der Waals surface area contributed by atoms with Gasteiger partial charge in [-0.2, -0.15) is 0 Å². The van der Waals surface area contributed by atoms with Crippen molar-refractivity contribution >= 4 is 29.3 Å². The third kappa shape index (κ3) is 6.60. The third-order valence-corrected chi connectivity index (χ3v) is 7.52. The van der Waals surface area contributed by atoms with E-state index < -0.39 is 0 Å². The van der Waals surface area contributed by atoms with Crippen LogP contribution in [0.15, 0.2) is 42.5 Å². The summed E-state index contributed by atoms with van der Waals surface area (Å²) < 4.78 is 5.16. The van der Waals surface area contributed by atoms with Gasteiger partial charge in [-0.05, 0) is 68.4 Å². The summed E-state index contributed by atoms with van der Waals surface area (Å²) in [5, 5.41) is 7.52. The Morgan fingerprint density at radius 3 is 2.42 bits per heavy atom. The van der Waals surface area contributed by atoms with Crippen molar-refractivity contribution in [3.8, 4) is 0 Å². The van der Waals surface area contributed by atoms with Crippen molar-refractivity contribution < 1.29 is 19.1 Å². The number of anilines is 1. The van der Waals surface area contributed by atoms with Crippen LogP contribution in [0.1, 0.15) is 78.9 Å². The summed E-state index contributed by atoms with van der Waals surface area (Å²) in [7, 11) is 0. The van der Waals surface area contributed by atoms with E-state index in [9.17, 15) is 14.4 Å². The fourth-order valence-electron chi connectivity index (χ4n) is 5.50. The Morgan fingerprint density at radius 2 is 1.74 bits per heavy atom. The maximum Gasteiger partial charge on any atom is 0.325 e. The molecule has 2 aliphatic rings. The van der Waals surface area contributed by atoms with Crippen molar-refractivity contribution in [1.29, 1.82) is 5.41 Å². The molecule has 202 valence electrons. The fraction of sp³-hybridized carbons (Fsp3) is 0.467. The SMILES string of the molecule is CCOC(=O)CN(C(=O)c1ccc2c(c1)CCCN2C(=O)CCc1ccc(C(=N)N)cc1)C1CCCCC1. The van der Waals surface area contributed by atoms with Gasteiger partial charge in [0, 0.05) is 35.8 Å². The van der Waals surface area contributed by atoms with Crippen LogP contribution in [0.4, 0.5) is 5.69 Å². The van der Waals surface area contributed by atoms with Gasteiger partial charge in [0.1, 0.15) is 12.4 Å². The second-order valence-electron chi connectivity index (χ2n) is 10.1. The number of nitrogens with one attached hydrogen (secondary N) is 1. The predicted molar refractivity (Wildman–Crippen MR) is 147 cm³/mol. The third-order valence-electron chi connectivity index (χ3n) is 7.52. The molecule has 1 saturated carbocycles. The van der Waals surface area contributed by atoms with E-state index in [1.165, 1.54) is 0 Å². The van der Waals surface area contributed by atoms with Crippen LogP contribution in [0.25, 0.3) is 0 Å². The number of carbonyl (C=O) groups excluding carboxylic acids is 3. The Labute approximate surface area is 224 Å². The summed E-state index contributed by atoms with van der Waals surface area (Å²) in [5.41, 5.74) is 9.61. The summed E-state index contributed by atoms with van der Waals surface area (Å²) in [6.45, 7) is 2.68. The fourth-order valence-corrected chi connectivity index (χ4v) is 5.50. The van der Waals surface area contributed by atoms with Gasteiger partial charge in [-0.1, -0.05) is 43.5 Å². The molecule has 3 N–H and O–H groups in total. The second-order valence-corrected chi connectivity index (χ2v) is 10.1. The molecular formula is C30H38N4O4. The molecule has 2 aromatic carbocycles. The number of hydrogen-bond donors (Lipinski definition) is 2. The second kappa shape index (κ2) is 12.7. The van der Waals surface area contributed by atoms with Gasteiger partial charge in [0.25, 0.3) is 5.91 Å². The van der Waals surface area contributed by atoms with Gasteiger partial charge in [-0.15, -0.1) is 0 Å². The number of benzene rings is 2. The number of rotatable bonds is 9. The Morgan fingerprint density at radius 1 is 1.03 bits per heavy atom. The first-order chi connectivity index (χ1) is 18.4. The largest absolute Gasteiger partial charge is 0.465 e. The van der Waals surface area contributed by atoms with E-state index in [4.69, 9.17) is 15.9 Å². The van der Waals surface area contributed by atoms with Crippen LogP contribution < -0.4 is 10.6 Å². The zero-order chi connectivity index (χ0) is 27.1. The molecule has 0 aromatic heterocycles. The Kier molecular flexibility index (Phi) is 9.15. The molecule has 1 aliphatic heterocycles. The predicted octanol–water partition coefficient (Wildman–Crippen LogP) is 4.22. The highest BCUT2D eigenvalue weighted by Gasteiger charge is 2.30. The molecule has 2 aromatic rings. The minimum absolute atomic E-state index is 0.0261. The van der Waals surface area contributed by atoms with Crippen LogP contribution in [0.2, 0.25) is 0 Å². The first-order valence-corrected chi connectivity index (χ1v) is 13.7. The quantitative estimate of drug-likeness (QED) is 0.293. The van der Waals surface area contributed by atoms with Crippen molar-refractivity contribution in [3.05, 3.63) is 64.7 Å². The minimum atomic E-state index is -0.378. The van der Waals surface area contributed by atoms with Gasteiger partial charge in [-0.25, -0.2) is 0 Å². The van der Waals surface area contributed by atoms with Crippen LogP contribution in [-0.4, -0.2) is 54.3 Å². The molecule has 8 heteroatoms. The maximum atomic E-state index is 13.6. The lowest BCUT2D eigenvalue weighted by Gasteiger charge is -2.34. The number of nitrogens with zero attached hydrogens (tertiary/aromatic N) is 2. The average molecular weight is 519 g/mol. The van der Waals surface area contributed by atoms with Gasteiger partial charge in [0.15, 0.2) is 0 Å². The normalized spacial score (nSPS) is 15.4. The minimum Gasteiger partial charge on any atom is -0.465 e. The highest BCUT2D eigenvalue weighted by molar-refractivity contribution is 5.99. The molecule has 1 heterocycles. The number of nitrogen functional groups attached to an aromatic ring is 1. The maximum absolute atomic E-state index is 13.6. The van der Waals surface area contributed by atoms with Crippen LogP contribution in [0, 0.1) is 5.41 Å². The summed E-state index contributed by atoms with van der Waals surface area (Å²) in [6.07, 6.45) is 7.67. The van der Waals surface area contributed by atoms with Gasteiger partial charge < -0.3 is 20.3 Å². The summed E-state index contributed by atoms with van der Waals surface area (Å²) in [6, 6.07) is 13.0. The molecule has 0 atom stereocenters. The van der Waals surface area contributed by atoms with E-state index in [2.05, 4.69) is 0 Å². The Balaban J connectivity index is 1.47. The number of nitrogens with two attached hydrogens (primary N) is 1. The smallest absolute Gasteiger partial charge is 0.325 e. The lowest BCUT2D eigenvalue weighted by Crippen LogP contribution is -2.45. The number of aryl methyl sites for hydroxylation is 2. The molecule has 0 unspecified atom stereocenters. The number of carbonyl (C=O) groups is 3. The standard InChI is InChI=1S/C30H38N4O4/c1-2-38-28(36)20-34(25-8-4-3-5-9-25)30(37)24-15-16-26-23(19-24)7-6-18-33(26)27(35)17-12-21-10-13-22(14-11-21)29(31)32/h10-11,13-16,19,25H,2-9,12,17-18,20H2,1H3,(H3,31,32). The molecule has 2 amide bonds. The molecule has 38 heavy (non-hydrogen) atoms. The molecular weight excluding hydrogens is 480 g/mol. The molecule has 8 nitrogen and oxygen atoms in total. The zero-order valence-electron chi connectivity index (χ0n) is 22.2. The highest BCUT2D eigenvalue weighted by Crippen LogP contribution is 2.30. The lowest BCUT2D eigenvalue weighted by atomic mass is 9.93. The van der Waals surface area contributed by atoms with Gasteiger partial charge in [-0.3, -0.25) is 19.8 Å². The highest BCUT2D eigenvalue weighted by atomic mass is 16.5. The Hall–Kier alpha value is -3.68. The van der Waals surface area contributed by atoms with E-state index in [0.717, 1.165) is 61.8 Å². The molecule has 0 bridgehead atoms. The monoisotopic (exact) mass is 518 g/mol. The molecule has 0 saturated heterocycles. The van der Waals surface area contributed by atoms with Crippen molar-refractivity contribution in [2.24, 2.45) is 5.73 Å². The molecule has 1 fully saturated rings. The number of amidine groups is 1. The number of fused-ring (bicyclic) bond motifs is 1. The van der Waals surface area contributed by atoms with E-state index in [-0.39, 0.29) is 42.8 Å². The summed E-state index contributed by atoms with van der Waals surface area (Å²) >= 11 is 0. The van der Waals surface area contributed by atoms with Gasteiger partial charge in [0.2, 0.25) is 5.91 Å². The van der Waals surface area contributed by atoms with Crippen molar-refractivity contribution in [2.75, 3.05) is 24.6 Å².